The van der Waals surface area contributed by atoms with Crippen molar-refractivity contribution < 1.29 is 23.5 Å². The van der Waals surface area contributed by atoms with Gasteiger partial charge in [0.1, 0.15) is 28.9 Å². The molecule has 0 N–H and O–H groups in total. The number of benzene rings is 1. The summed E-state index contributed by atoms with van der Waals surface area (Å²) < 4.78 is 21.6. The molecule has 37 heavy (non-hydrogen) atoms. The molecule has 1 fully saturated rings. The lowest BCUT2D eigenvalue weighted by Crippen LogP contribution is -2.36. The van der Waals surface area contributed by atoms with Crippen molar-refractivity contribution in [3.05, 3.63) is 69.7 Å². The van der Waals surface area contributed by atoms with E-state index in [-0.39, 0.29) is 18.1 Å². The van der Waals surface area contributed by atoms with Crippen LogP contribution in [0.5, 0.6) is 5.88 Å². The summed E-state index contributed by atoms with van der Waals surface area (Å²) in [5.41, 5.74) is 4.25. The standard InChI is InChI=1S/C27H24N4O5S/c1-17-23(15-29-36-17)21-13-24(18-3-5-19(6-4-18)31-9-11-34-12-10-31)30-26(22(21)14-28)35-16-20-7-8-25(37-20)27(32)33-2/h3-8,13,15H,9-12,16H2,1-2H3. The molecule has 1 saturated heterocycles. The molecule has 0 aliphatic carbocycles. The maximum atomic E-state index is 11.8. The minimum Gasteiger partial charge on any atom is -0.471 e. The van der Waals surface area contributed by atoms with Crippen molar-refractivity contribution in [1.82, 2.24) is 10.1 Å². The van der Waals surface area contributed by atoms with Gasteiger partial charge in [0, 0.05) is 40.3 Å². The van der Waals surface area contributed by atoms with Crippen LogP contribution in [0.3, 0.4) is 0 Å². The molecule has 0 radical (unpaired) electrons. The third-order valence-electron chi connectivity index (χ3n) is 6.08. The number of aromatic nitrogens is 2. The van der Waals surface area contributed by atoms with E-state index in [0.29, 0.717) is 40.7 Å². The minimum atomic E-state index is -0.403. The number of ether oxygens (including phenoxy) is 3. The molecule has 0 unspecified atom stereocenters. The molecule has 4 aromatic rings. The van der Waals surface area contributed by atoms with Crippen LogP contribution in [0, 0.1) is 18.3 Å². The fourth-order valence-corrected chi connectivity index (χ4v) is 4.96. The predicted octanol–water partition coefficient (Wildman–Crippen LogP) is 4.85. The van der Waals surface area contributed by atoms with Crippen molar-refractivity contribution >= 4 is 23.0 Å². The molecule has 3 aromatic heterocycles. The van der Waals surface area contributed by atoms with Crippen LogP contribution in [-0.2, 0) is 16.1 Å². The van der Waals surface area contributed by atoms with Gasteiger partial charge in [-0.1, -0.05) is 17.3 Å². The zero-order valence-corrected chi connectivity index (χ0v) is 21.2. The maximum absolute atomic E-state index is 11.8. The molecular weight excluding hydrogens is 492 g/mol. The molecule has 188 valence electrons. The molecular formula is C27H24N4O5S. The number of methoxy groups -OCH3 is 1. The Balaban J connectivity index is 1.50. The molecule has 5 rings (SSSR count). The fraction of sp³-hybridized carbons (Fsp3) is 0.259. The zero-order valence-electron chi connectivity index (χ0n) is 20.4. The van der Waals surface area contributed by atoms with E-state index >= 15 is 0 Å². The summed E-state index contributed by atoms with van der Waals surface area (Å²) in [7, 11) is 1.34. The van der Waals surface area contributed by atoms with Crippen LogP contribution in [0.15, 0.2) is 53.2 Å². The van der Waals surface area contributed by atoms with E-state index in [1.54, 1.807) is 25.3 Å². The summed E-state index contributed by atoms with van der Waals surface area (Å²) in [6.45, 7) is 5.07. The Kier molecular flexibility index (Phi) is 7.16. The van der Waals surface area contributed by atoms with Crippen LogP contribution < -0.4 is 9.64 Å². The summed E-state index contributed by atoms with van der Waals surface area (Å²) >= 11 is 1.27. The van der Waals surface area contributed by atoms with Gasteiger partial charge in [-0.2, -0.15) is 5.26 Å². The third-order valence-corrected chi connectivity index (χ3v) is 7.12. The molecule has 0 bridgehead atoms. The van der Waals surface area contributed by atoms with Gasteiger partial charge in [-0.3, -0.25) is 0 Å². The molecule has 0 atom stereocenters. The van der Waals surface area contributed by atoms with Crippen LogP contribution >= 0.6 is 11.3 Å². The monoisotopic (exact) mass is 516 g/mol. The van der Waals surface area contributed by atoms with E-state index < -0.39 is 5.97 Å². The molecule has 10 heteroatoms. The number of carbonyl (C=O) groups excluding carboxylic acids is 1. The highest BCUT2D eigenvalue weighted by atomic mass is 32.1. The fourth-order valence-electron chi connectivity index (χ4n) is 4.12. The van der Waals surface area contributed by atoms with Crippen LogP contribution in [0.25, 0.3) is 22.4 Å². The number of anilines is 1. The number of rotatable bonds is 7. The average molecular weight is 517 g/mol. The second kappa shape index (κ2) is 10.8. The van der Waals surface area contributed by atoms with Crippen LogP contribution in [0.4, 0.5) is 5.69 Å². The number of morpholine rings is 1. The van der Waals surface area contributed by atoms with Crippen molar-refractivity contribution in [2.45, 2.75) is 13.5 Å². The number of hydrogen-bond acceptors (Lipinski definition) is 10. The van der Waals surface area contributed by atoms with Crippen LogP contribution in [0.2, 0.25) is 0 Å². The van der Waals surface area contributed by atoms with Crippen molar-refractivity contribution in [2.75, 3.05) is 38.3 Å². The molecule has 1 aliphatic heterocycles. The number of esters is 1. The Hall–Kier alpha value is -4.20. The van der Waals surface area contributed by atoms with Crippen LogP contribution in [0.1, 0.15) is 25.9 Å². The van der Waals surface area contributed by atoms with Gasteiger partial charge in [-0.25, -0.2) is 9.78 Å². The second-order valence-electron chi connectivity index (χ2n) is 8.34. The van der Waals surface area contributed by atoms with E-state index in [9.17, 15) is 10.1 Å². The highest BCUT2D eigenvalue weighted by molar-refractivity contribution is 7.13. The van der Waals surface area contributed by atoms with Crippen molar-refractivity contribution in [3.8, 4) is 34.3 Å². The Bertz CT molecular complexity index is 1450. The number of carbonyl (C=O) groups is 1. The summed E-state index contributed by atoms with van der Waals surface area (Å²) in [4.78, 5) is 20.1. The first-order valence-corrected chi connectivity index (χ1v) is 12.5. The van der Waals surface area contributed by atoms with Gasteiger partial charge >= 0.3 is 5.97 Å². The minimum absolute atomic E-state index is 0.144. The Morgan fingerprint density at radius 2 is 1.95 bits per heavy atom. The highest BCUT2D eigenvalue weighted by Gasteiger charge is 2.21. The quantitative estimate of drug-likeness (QED) is 0.318. The lowest BCUT2D eigenvalue weighted by Gasteiger charge is -2.28. The van der Waals surface area contributed by atoms with Gasteiger partial charge in [0.2, 0.25) is 5.88 Å². The number of thiophene rings is 1. The largest absolute Gasteiger partial charge is 0.471 e. The first-order valence-electron chi connectivity index (χ1n) is 11.7. The van der Waals surface area contributed by atoms with E-state index in [1.165, 1.54) is 18.4 Å². The SMILES string of the molecule is COC(=O)c1ccc(COc2nc(-c3ccc(N4CCOCC4)cc3)cc(-c3cnoc3C)c2C#N)s1. The van der Waals surface area contributed by atoms with Gasteiger partial charge in [-0.05, 0) is 37.3 Å². The Morgan fingerprint density at radius 3 is 2.62 bits per heavy atom. The molecule has 4 heterocycles. The highest BCUT2D eigenvalue weighted by Crippen LogP contribution is 2.36. The molecule has 0 amide bonds. The molecule has 1 aromatic carbocycles. The van der Waals surface area contributed by atoms with Gasteiger partial charge < -0.3 is 23.6 Å². The van der Waals surface area contributed by atoms with E-state index in [4.69, 9.17) is 23.7 Å². The van der Waals surface area contributed by atoms with Crippen LogP contribution in [-0.4, -0.2) is 49.5 Å². The first-order chi connectivity index (χ1) is 18.1. The maximum Gasteiger partial charge on any atom is 0.348 e. The number of pyridine rings is 1. The van der Waals surface area contributed by atoms with Gasteiger partial charge in [0.15, 0.2) is 0 Å². The van der Waals surface area contributed by atoms with Gasteiger partial charge in [-0.15, -0.1) is 11.3 Å². The predicted molar refractivity (Wildman–Crippen MR) is 138 cm³/mol. The average Bonchev–Trinajstić information content (AvgIpc) is 3.60. The summed E-state index contributed by atoms with van der Waals surface area (Å²) in [5.74, 6) is 0.379. The molecule has 9 nitrogen and oxygen atoms in total. The summed E-state index contributed by atoms with van der Waals surface area (Å²) in [6.07, 6.45) is 1.59. The lowest BCUT2D eigenvalue weighted by molar-refractivity contribution is 0.0606. The summed E-state index contributed by atoms with van der Waals surface area (Å²) in [6, 6.07) is 15.7. The lowest BCUT2D eigenvalue weighted by atomic mass is 9.99. The molecule has 0 saturated carbocycles. The number of aryl methyl sites for hydroxylation is 1. The van der Waals surface area contributed by atoms with Crippen molar-refractivity contribution in [1.29, 1.82) is 5.26 Å². The third kappa shape index (κ3) is 5.18. The van der Waals surface area contributed by atoms with Gasteiger partial charge in [0.05, 0.1) is 32.2 Å². The molecule has 0 spiro atoms. The topological polar surface area (TPSA) is 111 Å². The zero-order chi connectivity index (χ0) is 25.8. The van der Waals surface area contributed by atoms with Crippen molar-refractivity contribution in [3.63, 3.8) is 0 Å². The summed E-state index contributed by atoms with van der Waals surface area (Å²) in [5, 5.41) is 13.9. The first kappa shape index (κ1) is 24.5. The second-order valence-corrected chi connectivity index (χ2v) is 9.50. The van der Waals surface area contributed by atoms with E-state index in [0.717, 1.165) is 29.2 Å². The Labute approximate surface area is 217 Å². The van der Waals surface area contributed by atoms with E-state index in [1.807, 2.05) is 18.2 Å². The van der Waals surface area contributed by atoms with Crippen molar-refractivity contribution in [2.24, 2.45) is 0 Å². The number of hydrogen-bond donors (Lipinski definition) is 0. The van der Waals surface area contributed by atoms with E-state index in [2.05, 4.69) is 28.3 Å². The molecule has 1 aliphatic rings. The smallest absolute Gasteiger partial charge is 0.348 e. The normalized spacial score (nSPS) is 13.3. The Morgan fingerprint density at radius 1 is 1.16 bits per heavy atom. The van der Waals surface area contributed by atoms with Gasteiger partial charge in [0.25, 0.3) is 0 Å². The number of nitrogens with zero attached hydrogens (tertiary/aromatic N) is 4. The number of nitriles is 1.